The van der Waals surface area contributed by atoms with Crippen molar-refractivity contribution in [1.82, 2.24) is 0 Å². The van der Waals surface area contributed by atoms with Crippen LogP contribution < -0.4 is 0 Å². The van der Waals surface area contributed by atoms with E-state index in [1.165, 1.54) is 12.1 Å². The molecule has 0 aromatic heterocycles. The Labute approximate surface area is 101 Å². The summed E-state index contributed by atoms with van der Waals surface area (Å²) in [5.74, 6) is -2.23. The Balaban J connectivity index is 2.49. The number of alkyl halides is 3. The smallest absolute Gasteiger partial charge is 0.416 e. The number of aliphatic carboxylic acids is 1. The minimum absolute atomic E-state index is 0.00926. The van der Waals surface area contributed by atoms with Crippen molar-refractivity contribution in [2.45, 2.75) is 25.1 Å². The summed E-state index contributed by atoms with van der Waals surface area (Å²) in [7, 11) is 0. The molecule has 2 rings (SSSR count). The zero-order valence-electron chi connectivity index (χ0n) is 9.24. The first-order chi connectivity index (χ1) is 8.32. The van der Waals surface area contributed by atoms with Crippen molar-refractivity contribution in [2.75, 3.05) is 0 Å². The Morgan fingerprint density at radius 3 is 2.56 bits per heavy atom. The van der Waals surface area contributed by atoms with Crippen molar-refractivity contribution in [1.29, 1.82) is 0 Å². The first-order valence-electron chi connectivity index (χ1n) is 5.42. The predicted molar refractivity (Wildman–Crippen MR) is 55.9 cm³/mol. The van der Waals surface area contributed by atoms with E-state index in [9.17, 15) is 23.1 Å². The third kappa shape index (κ3) is 2.08. The molecule has 0 aliphatic heterocycles. The highest BCUT2D eigenvalue weighted by Gasteiger charge is 2.39. The van der Waals surface area contributed by atoms with Gasteiger partial charge in [0.15, 0.2) is 0 Å². The summed E-state index contributed by atoms with van der Waals surface area (Å²) in [6.07, 6.45) is -5.84. The van der Waals surface area contributed by atoms with Gasteiger partial charge < -0.3 is 10.2 Å². The van der Waals surface area contributed by atoms with Gasteiger partial charge in [-0.1, -0.05) is 12.1 Å². The summed E-state index contributed by atoms with van der Waals surface area (Å²) in [6, 6.07) is 3.49. The van der Waals surface area contributed by atoms with Crippen LogP contribution in [0, 0.1) is 5.92 Å². The van der Waals surface area contributed by atoms with Gasteiger partial charge in [0, 0.05) is 0 Å². The van der Waals surface area contributed by atoms with Crippen LogP contribution in [0.15, 0.2) is 18.2 Å². The number of carbonyl (C=O) groups is 1. The molecule has 0 heterocycles. The van der Waals surface area contributed by atoms with Gasteiger partial charge in [-0.3, -0.25) is 4.79 Å². The molecule has 1 aliphatic carbocycles. The number of aliphatic hydroxyl groups is 1. The summed E-state index contributed by atoms with van der Waals surface area (Å²) in [5, 5.41) is 18.7. The van der Waals surface area contributed by atoms with Crippen LogP contribution in [0.25, 0.3) is 0 Å². The average molecular weight is 260 g/mol. The number of carboxylic acids is 1. The summed E-state index contributed by atoms with van der Waals surface area (Å²) in [6.45, 7) is 0. The predicted octanol–water partition coefficient (Wildman–Crippen LogP) is 2.39. The number of carboxylic acid groups (broad SMARTS) is 1. The molecule has 1 aliphatic rings. The third-order valence-corrected chi connectivity index (χ3v) is 3.24. The van der Waals surface area contributed by atoms with Crippen molar-refractivity contribution in [3.05, 3.63) is 34.9 Å². The van der Waals surface area contributed by atoms with Crippen LogP contribution in [0.1, 0.15) is 29.2 Å². The van der Waals surface area contributed by atoms with Crippen molar-refractivity contribution in [3.8, 4) is 0 Å². The molecule has 0 radical (unpaired) electrons. The number of hydrogen-bond acceptors (Lipinski definition) is 2. The Bertz CT molecular complexity index is 482. The molecule has 0 saturated heterocycles. The monoisotopic (exact) mass is 260 g/mol. The van der Waals surface area contributed by atoms with Gasteiger partial charge in [0.2, 0.25) is 0 Å². The second-order valence-corrected chi connectivity index (χ2v) is 4.30. The molecule has 2 atom stereocenters. The molecule has 2 unspecified atom stereocenters. The lowest BCUT2D eigenvalue weighted by Crippen LogP contribution is -2.28. The average Bonchev–Trinajstić information content (AvgIpc) is 2.27. The second kappa shape index (κ2) is 4.28. The van der Waals surface area contributed by atoms with Crippen LogP contribution in [0.5, 0.6) is 0 Å². The fraction of sp³-hybridized carbons (Fsp3) is 0.417. The largest absolute Gasteiger partial charge is 0.481 e. The zero-order chi connectivity index (χ0) is 13.5. The minimum Gasteiger partial charge on any atom is -0.481 e. The molecule has 18 heavy (non-hydrogen) atoms. The highest BCUT2D eigenvalue weighted by atomic mass is 19.4. The normalized spacial score (nSPS) is 23.6. The molecule has 6 heteroatoms. The molecule has 1 aromatic rings. The molecule has 0 amide bonds. The maximum absolute atomic E-state index is 12.8. The number of benzene rings is 1. The van der Waals surface area contributed by atoms with E-state index in [-0.39, 0.29) is 24.0 Å². The van der Waals surface area contributed by atoms with Gasteiger partial charge in [0.05, 0.1) is 17.6 Å². The van der Waals surface area contributed by atoms with Crippen LogP contribution in [0.3, 0.4) is 0 Å². The first-order valence-corrected chi connectivity index (χ1v) is 5.42. The van der Waals surface area contributed by atoms with Gasteiger partial charge in [0.1, 0.15) is 0 Å². The van der Waals surface area contributed by atoms with Crippen LogP contribution in [-0.4, -0.2) is 16.2 Å². The Kier molecular flexibility index (Phi) is 3.06. The summed E-state index contributed by atoms with van der Waals surface area (Å²) >= 11 is 0. The lowest BCUT2D eigenvalue weighted by molar-refractivity contribution is -0.146. The second-order valence-electron chi connectivity index (χ2n) is 4.30. The highest BCUT2D eigenvalue weighted by molar-refractivity contribution is 5.72. The fourth-order valence-electron chi connectivity index (χ4n) is 2.36. The molecule has 98 valence electrons. The summed E-state index contributed by atoms with van der Waals surface area (Å²) in [4.78, 5) is 10.9. The molecule has 1 aromatic carbocycles. The van der Waals surface area contributed by atoms with Crippen LogP contribution >= 0.6 is 0 Å². The van der Waals surface area contributed by atoms with E-state index in [0.717, 1.165) is 6.07 Å². The van der Waals surface area contributed by atoms with E-state index >= 15 is 0 Å². The van der Waals surface area contributed by atoms with Crippen LogP contribution in [0.2, 0.25) is 0 Å². The van der Waals surface area contributed by atoms with Crippen LogP contribution in [-0.2, 0) is 17.4 Å². The van der Waals surface area contributed by atoms with Gasteiger partial charge in [-0.25, -0.2) is 0 Å². The molecule has 3 nitrogen and oxygen atoms in total. The third-order valence-electron chi connectivity index (χ3n) is 3.24. The van der Waals surface area contributed by atoms with Gasteiger partial charge in [-0.2, -0.15) is 13.2 Å². The quantitative estimate of drug-likeness (QED) is 0.815. The number of rotatable bonds is 1. The SMILES string of the molecule is O=C(O)C1CCc2c(cccc2C(F)(F)F)C1O. The standard InChI is InChI=1S/C12H11F3O3/c13-12(14,15)9-3-1-2-7-6(9)4-5-8(10(7)16)11(17)18/h1-3,8,10,16H,4-5H2,(H,17,18). The van der Waals surface area contributed by atoms with E-state index in [1.807, 2.05) is 0 Å². The highest BCUT2D eigenvalue weighted by Crippen LogP contribution is 2.41. The Morgan fingerprint density at radius 1 is 1.33 bits per heavy atom. The van der Waals surface area contributed by atoms with Crippen molar-refractivity contribution >= 4 is 5.97 Å². The van der Waals surface area contributed by atoms with Gasteiger partial charge in [0.25, 0.3) is 0 Å². The van der Waals surface area contributed by atoms with E-state index in [2.05, 4.69) is 0 Å². The molecule has 0 fully saturated rings. The Hall–Kier alpha value is -1.56. The van der Waals surface area contributed by atoms with Crippen molar-refractivity contribution in [3.63, 3.8) is 0 Å². The summed E-state index contributed by atoms with van der Waals surface area (Å²) in [5.41, 5.74) is -0.707. The molecule has 0 saturated carbocycles. The summed E-state index contributed by atoms with van der Waals surface area (Å²) < 4.78 is 38.3. The Morgan fingerprint density at radius 2 is 2.00 bits per heavy atom. The van der Waals surface area contributed by atoms with Crippen LogP contribution in [0.4, 0.5) is 13.2 Å². The zero-order valence-corrected chi connectivity index (χ0v) is 9.24. The maximum Gasteiger partial charge on any atom is 0.416 e. The lowest BCUT2D eigenvalue weighted by atomic mass is 9.79. The van der Waals surface area contributed by atoms with E-state index in [0.29, 0.717) is 0 Å². The minimum atomic E-state index is -4.48. The molecular formula is C12H11F3O3. The van der Waals surface area contributed by atoms with E-state index < -0.39 is 29.7 Å². The number of halogens is 3. The van der Waals surface area contributed by atoms with Gasteiger partial charge in [-0.15, -0.1) is 0 Å². The lowest BCUT2D eigenvalue weighted by Gasteiger charge is -2.29. The molecule has 0 bridgehead atoms. The fourth-order valence-corrected chi connectivity index (χ4v) is 2.36. The van der Waals surface area contributed by atoms with Gasteiger partial charge >= 0.3 is 12.1 Å². The number of hydrogen-bond donors (Lipinski definition) is 2. The number of aliphatic hydroxyl groups excluding tert-OH is 1. The maximum atomic E-state index is 12.8. The van der Waals surface area contributed by atoms with Gasteiger partial charge in [-0.05, 0) is 30.0 Å². The van der Waals surface area contributed by atoms with Crippen molar-refractivity contribution in [2.24, 2.45) is 5.92 Å². The van der Waals surface area contributed by atoms with Crippen molar-refractivity contribution < 1.29 is 28.2 Å². The number of fused-ring (bicyclic) bond motifs is 1. The first kappa shape index (κ1) is 12.9. The van der Waals surface area contributed by atoms with E-state index in [4.69, 9.17) is 5.11 Å². The molecule has 0 spiro atoms. The van der Waals surface area contributed by atoms with E-state index in [1.54, 1.807) is 0 Å². The molecule has 2 N–H and O–H groups in total. The topological polar surface area (TPSA) is 57.5 Å². The molecular weight excluding hydrogens is 249 g/mol.